The summed E-state index contributed by atoms with van der Waals surface area (Å²) >= 11 is 3.31. The highest BCUT2D eigenvalue weighted by Crippen LogP contribution is 2.06. The molecule has 0 aliphatic heterocycles. The molecule has 0 heterocycles. The van der Waals surface area contributed by atoms with Gasteiger partial charge in [0.1, 0.15) is 5.84 Å². The van der Waals surface area contributed by atoms with Gasteiger partial charge in [0.2, 0.25) is 0 Å². The minimum Gasteiger partial charge on any atom is -0.383 e. The first-order chi connectivity index (χ1) is 7.24. The van der Waals surface area contributed by atoms with Gasteiger partial charge >= 0.3 is 0 Å². The molecule has 0 aliphatic carbocycles. The fourth-order valence-corrected chi connectivity index (χ4v) is 1.34. The zero-order valence-electron chi connectivity index (χ0n) is 8.36. The lowest BCUT2D eigenvalue weighted by molar-refractivity contribution is 1.06. The number of hydrogen-bond donors (Lipinski definition) is 1. The highest BCUT2D eigenvalue weighted by atomic mass is 79.9. The number of benzene rings is 1. The molecule has 0 aliphatic rings. The lowest BCUT2D eigenvalue weighted by Crippen LogP contribution is -2.11. The van der Waals surface area contributed by atoms with Crippen molar-refractivity contribution >= 4 is 21.8 Å². The quantitative estimate of drug-likeness (QED) is 0.507. The van der Waals surface area contributed by atoms with Gasteiger partial charge in [-0.2, -0.15) is 0 Å². The fourth-order valence-electron chi connectivity index (χ4n) is 1.02. The van der Waals surface area contributed by atoms with Crippen LogP contribution in [0.4, 0.5) is 0 Å². The molecule has 78 valence electrons. The van der Waals surface area contributed by atoms with Crippen LogP contribution in [0.2, 0.25) is 0 Å². The SMILES string of the molecule is C=C/C=C(/Br)C(N)=NCc1ccccc1. The average molecular weight is 265 g/mol. The van der Waals surface area contributed by atoms with Crippen molar-refractivity contribution in [2.45, 2.75) is 6.54 Å². The Morgan fingerprint density at radius 2 is 2.07 bits per heavy atom. The molecule has 0 fully saturated rings. The summed E-state index contributed by atoms with van der Waals surface area (Å²) in [6.45, 7) is 4.17. The zero-order valence-corrected chi connectivity index (χ0v) is 9.94. The van der Waals surface area contributed by atoms with Crippen LogP contribution in [0.1, 0.15) is 5.56 Å². The van der Waals surface area contributed by atoms with E-state index in [1.165, 1.54) is 0 Å². The third-order valence-corrected chi connectivity index (χ3v) is 2.45. The third-order valence-electron chi connectivity index (χ3n) is 1.78. The molecule has 1 aromatic carbocycles. The Bertz CT molecular complexity index is 380. The molecule has 0 amide bonds. The van der Waals surface area contributed by atoms with E-state index < -0.39 is 0 Å². The van der Waals surface area contributed by atoms with Crippen molar-refractivity contribution in [3.05, 3.63) is 59.1 Å². The van der Waals surface area contributed by atoms with Gasteiger partial charge in [-0.05, 0) is 27.6 Å². The fraction of sp³-hybridized carbons (Fsp3) is 0.0833. The minimum absolute atomic E-state index is 0.485. The largest absolute Gasteiger partial charge is 0.383 e. The molecule has 0 radical (unpaired) electrons. The van der Waals surface area contributed by atoms with Crippen LogP contribution in [0.15, 0.2) is 58.5 Å². The molecular formula is C12H13BrN2. The first-order valence-electron chi connectivity index (χ1n) is 4.56. The topological polar surface area (TPSA) is 38.4 Å². The Morgan fingerprint density at radius 3 is 2.67 bits per heavy atom. The Labute approximate surface area is 98.3 Å². The Balaban J connectivity index is 2.66. The zero-order chi connectivity index (χ0) is 11.1. The van der Waals surface area contributed by atoms with Crippen molar-refractivity contribution in [3.63, 3.8) is 0 Å². The van der Waals surface area contributed by atoms with Crippen molar-refractivity contribution in [3.8, 4) is 0 Å². The molecule has 0 atom stereocenters. The summed E-state index contributed by atoms with van der Waals surface area (Å²) in [5, 5.41) is 0. The standard InChI is InChI=1S/C12H13BrN2/c1-2-6-11(13)12(14)15-9-10-7-4-3-5-8-10/h2-8H,1,9H2,(H2,14,15)/b11-6+. The molecule has 0 bridgehead atoms. The molecular weight excluding hydrogens is 252 g/mol. The molecule has 3 heteroatoms. The highest BCUT2D eigenvalue weighted by Gasteiger charge is 1.96. The highest BCUT2D eigenvalue weighted by molar-refractivity contribution is 9.12. The molecule has 2 N–H and O–H groups in total. The van der Waals surface area contributed by atoms with Gasteiger partial charge in [0.25, 0.3) is 0 Å². The van der Waals surface area contributed by atoms with Crippen molar-refractivity contribution in [1.82, 2.24) is 0 Å². The van der Waals surface area contributed by atoms with Gasteiger partial charge in [-0.15, -0.1) is 0 Å². The maximum Gasteiger partial charge on any atom is 0.133 e. The van der Waals surface area contributed by atoms with E-state index in [0.29, 0.717) is 12.4 Å². The van der Waals surface area contributed by atoms with E-state index >= 15 is 0 Å². The molecule has 0 saturated heterocycles. The molecule has 0 aromatic heterocycles. The predicted molar refractivity (Wildman–Crippen MR) is 69.0 cm³/mol. The van der Waals surface area contributed by atoms with Crippen molar-refractivity contribution in [2.24, 2.45) is 10.7 Å². The van der Waals surface area contributed by atoms with E-state index in [4.69, 9.17) is 5.73 Å². The number of amidine groups is 1. The van der Waals surface area contributed by atoms with Crippen LogP contribution in [0.3, 0.4) is 0 Å². The number of nitrogens with two attached hydrogens (primary N) is 1. The number of halogens is 1. The average Bonchev–Trinajstić information content (AvgIpc) is 2.27. The first-order valence-corrected chi connectivity index (χ1v) is 5.35. The molecule has 2 nitrogen and oxygen atoms in total. The Kier molecular flexibility index (Phi) is 4.84. The minimum atomic E-state index is 0.485. The van der Waals surface area contributed by atoms with E-state index in [0.717, 1.165) is 10.0 Å². The third kappa shape index (κ3) is 4.13. The molecule has 0 unspecified atom stereocenters. The smallest absolute Gasteiger partial charge is 0.133 e. The molecule has 1 rings (SSSR count). The van der Waals surface area contributed by atoms with E-state index in [1.54, 1.807) is 12.2 Å². The Morgan fingerprint density at radius 1 is 1.40 bits per heavy atom. The van der Waals surface area contributed by atoms with Crippen molar-refractivity contribution in [2.75, 3.05) is 0 Å². The number of allylic oxidation sites excluding steroid dienone is 2. The number of nitrogens with zero attached hydrogens (tertiary/aromatic N) is 1. The normalized spacial score (nSPS) is 12.6. The summed E-state index contributed by atoms with van der Waals surface area (Å²) in [5.74, 6) is 0.485. The van der Waals surface area contributed by atoms with Crippen LogP contribution in [-0.4, -0.2) is 5.84 Å². The van der Waals surface area contributed by atoms with E-state index in [-0.39, 0.29) is 0 Å². The second-order valence-electron chi connectivity index (χ2n) is 2.94. The van der Waals surface area contributed by atoms with Crippen LogP contribution >= 0.6 is 15.9 Å². The van der Waals surface area contributed by atoms with Gasteiger partial charge in [-0.3, -0.25) is 4.99 Å². The molecule has 0 spiro atoms. The lowest BCUT2D eigenvalue weighted by atomic mass is 10.2. The second kappa shape index (κ2) is 6.19. The van der Waals surface area contributed by atoms with Gasteiger partial charge < -0.3 is 5.73 Å². The second-order valence-corrected chi connectivity index (χ2v) is 3.79. The molecule has 1 aromatic rings. The van der Waals surface area contributed by atoms with E-state index in [9.17, 15) is 0 Å². The summed E-state index contributed by atoms with van der Waals surface area (Å²) in [5.41, 5.74) is 6.88. The van der Waals surface area contributed by atoms with Gasteiger partial charge in [0.05, 0.1) is 11.0 Å². The van der Waals surface area contributed by atoms with Crippen LogP contribution in [0, 0.1) is 0 Å². The van der Waals surface area contributed by atoms with Crippen molar-refractivity contribution in [1.29, 1.82) is 0 Å². The van der Waals surface area contributed by atoms with Crippen LogP contribution in [0.5, 0.6) is 0 Å². The van der Waals surface area contributed by atoms with Crippen LogP contribution < -0.4 is 5.73 Å². The van der Waals surface area contributed by atoms with E-state index in [1.807, 2.05) is 30.3 Å². The Hall–Kier alpha value is -1.35. The summed E-state index contributed by atoms with van der Waals surface area (Å²) in [6, 6.07) is 9.97. The molecule has 0 saturated carbocycles. The van der Waals surface area contributed by atoms with Crippen molar-refractivity contribution < 1.29 is 0 Å². The van der Waals surface area contributed by atoms with Gasteiger partial charge in [0, 0.05) is 0 Å². The predicted octanol–water partition coefficient (Wildman–Crippen LogP) is 3.01. The maximum absolute atomic E-state index is 5.74. The van der Waals surface area contributed by atoms with Crippen LogP contribution in [0.25, 0.3) is 0 Å². The number of aliphatic imine (C=N–C) groups is 1. The summed E-state index contributed by atoms with van der Waals surface area (Å²) < 4.78 is 0.758. The van der Waals surface area contributed by atoms with Crippen LogP contribution in [-0.2, 0) is 6.54 Å². The number of hydrogen-bond acceptors (Lipinski definition) is 1. The van der Waals surface area contributed by atoms with Gasteiger partial charge in [-0.1, -0.05) is 43.0 Å². The summed E-state index contributed by atoms with van der Waals surface area (Å²) in [6.07, 6.45) is 3.43. The first kappa shape index (κ1) is 11.7. The summed E-state index contributed by atoms with van der Waals surface area (Å²) in [7, 11) is 0. The molecule has 15 heavy (non-hydrogen) atoms. The number of rotatable bonds is 4. The van der Waals surface area contributed by atoms with Gasteiger partial charge in [0.15, 0.2) is 0 Å². The maximum atomic E-state index is 5.74. The summed E-state index contributed by atoms with van der Waals surface area (Å²) in [4.78, 5) is 4.24. The van der Waals surface area contributed by atoms with E-state index in [2.05, 4.69) is 27.5 Å². The monoisotopic (exact) mass is 264 g/mol. The van der Waals surface area contributed by atoms with Gasteiger partial charge in [-0.25, -0.2) is 0 Å². The lowest BCUT2D eigenvalue weighted by Gasteiger charge is -1.99.